The van der Waals surface area contributed by atoms with Crippen LogP contribution in [0.4, 0.5) is 0 Å². The summed E-state index contributed by atoms with van der Waals surface area (Å²) in [4.78, 5) is 0. The zero-order valence-corrected chi connectivity index (χ0v) is 13.3. The first-order chi connectivity index (χ1) is 9.28. The van der Waals surface area contributed by atoms with Gasteiger partial charge in [0.1, 0.15) is 9.84 Å². The van der Waals surface area contributed by atoms with E-state index in [-0.39, 0.29) is 30.4 Å². The maximum absolute atomic E-state index is 12.2. The topological polar surface area (TPSA) is 106 Å². The molecule has 0 aromatic rings. The second-order valence-electron chi connectivity index (χ2n) is 6.03. The van der Waals surface area contributed by atoms with E-state index in [1.165, 1.54) is 0 Å². The van der Waals surface area contributed by atoms with Gasteiger partial charge in [-0.3, -0.25) is 0 Å². The number of hydrogen-bond donors (Lipinski definition) is 2. The summed E-state index contributed by atoms with van der Waals surface area (Å²) in [5.41, 5.74) is 5.83. The molecule has 0 unspecified atom stereocenters. The molecule has 20 heavy (non-hydrogen) atoms. The highest BCUT2D eigenvalue weighted by Crippen LogP contribution is 2.23. The molecule has 0 spiro atoms. The number of sulfonamides is 1. The van der Waals surface area contributed by atoms with Crippen LogP contribution in [-0.4, -0.2) is 46.2 Å². The molecule has 8 heteroatoms. The van der Waals surface area contributed by atoms with Crippen molar-refractivity contribution in [3.63, 3.8) is 0 Å². The van der Waals surface area contributed by atoms with Crippen LogP contribution in [0.5, 0.6) is 0 Å². The van der Waals surface area contributed by atoms with Crippen LogP contribution in [0, 0.1) is 5.92 Å². The van der Waals surface area contributed by atoms with Crippen LogP contribution >= 0.6 is 0 Å². The van der Waals surface area contributed by atoms with Gasteiger partial charge in [0.15, 0.2) is 0 Å². The van der Waals surface area contributed by atoms with Gasteiger partial charge >= 0.3 is 0 Å². The second kappa shape index (κ2) is 6.29. The summed E-state index contributed by atoms with van der Waals surface area (Å²) in [5.74, 6) is 0.324. The van der Waals surface area contributed by atoms with Crippen molar-refractivity contribution < 1.29 is 16.8 Å². The maximum atomic E-state index is 12.2. The van der Waals surface area contributed by atoms with Gasteiger partial charge in [-0.05, 0) is 44.4 Å². The van der Waals surface area contributed by atoms with Gasteiger partial charge in [-0.15, -0.1) is 0 Å². The average Bonchev–Trinajstić information content (AvgIpc) is 2.38. The second-order valence-corrected chi connectivity index (χ2v) is 10.4. The monoisotopic (exact) mass is 324 g/mol. The molecule has 6 nitrogen and oxygen atoms in total. The van der Waals surface area contributed by atoms with E-state index >= 15 is 0 Å². The van der Waals surface area contributed by atoms with Crippen LogP contribution in [-0.2, 0) is 19.9 Å². The van der Waals surface area contributed by atoms with Crippen LogP contribution in [0.3, 0.4) is 0 Å². The molecule has 118 valence electrons. The lowest BCUT2D eigenvalue weighted by atomic mass is 9.87. The molecule has 1 aliphatic carbocycles. The van der Waals surface area contributed by atoms with Crippen LogP contribution in [0.2, 0.25) is 0 Å². The number of rotatable bonds is 4. The fourth-order valence-corrected chi connectivity index (χ4v) is 6.27. The summed E-state index contributed by atoms with van der Waals surface area (Å²) in [6, 6.07) is 0.256. The minimum Gasteiger partial charge on any atom is -0.328 e. The third-order valence-electron chi connectivity index (χ3n) is 4.41. The van der Waals surface area contributed by atoms with Crippen molar-refractivity contribution in [1.29, 1.82) is 0 Å². The first kappa shape index (κ1) is 16.2. The molecule has 2 aliphatic rings. The molecule has 3 N–H and O–H groups in total. The smallest absolute Gasteiger partial charge is 0.214 e. The molecule has 0 aromatic carbocycles. The lowest BCUT2D eigenvalue weighted by molar-refractivity contribution is 0.325. The summed E-state index contributed by atoms with van der Waals surface area (Å²) in [6.07, 6.45) is 4.26. The molecule has 1 saturated heterocycles. The Labute approximate surface area is 121 Å². The third-order valence-corrected chi connectivity index (χ3v) is 8.04. The van der Waals surface area contributed by atoms with Crippen molar-refractivity contribution in [3.8, 4) is 0 Å². The Kier molecular flexibility index (Phi) is 5.09. The van der Waals surface area contributed by atoms with Gasteiger partial charge < -0.3 is 5.73 Å². The Bertz CT molecular complexity index is 508. The minimum absolute atomic E-state index is 0.0170. The van der Waals surface area contributed by atoms with E-state index in [1.54, 1.807) is 0 Å². The van der Waals surface area contributed by atoms with Gasteiger partial charge in [0.2, 0.25) is 10.0 Å². The zero-order valence-electron chi connectivity index (χ0n) is 11.6. The van der Waals surface area contributed by atoms with Gasteiger partial charge in [0.05, 0.1) is 16.8 Å². The molecular weight excluding hydrogens is 300 g/mol. The van der Waals surface area contributed by atoms with Gasteiger partial charge in [-0.1, -0.05) is 0 Å². The SMILES string of the molecule is NC1CCC(CNS(=O)(=O)C2CCS(=O)(=O)CC2)CC1. The fourth-order valence-electron chi connectivity index (χ4n) is 2.92. The Morgan fingerprint density at radius 3 is 2.10 bits per heavy atom. The van der Waals surface area contributed by atoms with Crippen molar-refractivity contribution >= 4 is 19.9 Å². The van der Waals surface area contributed by atoms with Crippen LogP contribution in [0.1, 0.15) is 38.5 Å². The molecule has 2 rings (SSSR count). The summed E-state index contributed by atoms with van der Waals surface area (Å²) < 4.78 is 49.7. The Hall–Kier alpha value is -0.180. The minimum atomic E-state index is -3.39. The first-order valence-corrected chi connectivity index (χ1v) is 10.6. The predicted molar refractivity (Wildman–Crippen MR) is 78.5 cm³/mol. The summed E-state index contributed by atoms with van der Waals surface area (Å²) in [5, 5.41) is -0.558. The van der Waals surface area contributed by atoms with E-state index in [4.69, 9.17) is 5.73 Å². The molecule has 0 bridgehead atoms. The van der Waals surface area contributed by atoms with E-state index in [1.807, 2.05) is 0 Å². The highest BCUT2D eigenvalue weighted by molar-refractivity contribution is 7.92. The van der Waals surface area contributed by atoms with Gasteiger partial charge in [0, 0.05) is 12.6 Å². The lowest BCUT2D eigenvalue weighted by Gasteiger charge is -2.27. The average molecular weight is 324 g/mol. The molecule has 0 radical (unpaired) electrons. The summed E-state index contributed by atoms with van der Waals surface area (Å²) in [7, 11) is -6.42. The number of nitrogens with one attached hydrogen (secondary N) is 1. The molecule has 1 saturated carbocycles. The predicted octanol–water partition coefficient (Wildman–Crippen LogP) is 0.000500. The Balaban J connectivity index is 1.82. The van der Waals surface area contributed by atoms with E-state index < -0.39 is 25.1 Å². The standard InChI is InChI=1S/C12H24N2O4S2/c13-11-3-1-10(2-4-11)9-14-20(17,18)12-5-7-19(15,16)8-6-12/h10-12,14H,1-9,13H2. The van der Waals surface area contributed by atoms with Crippen LogP contribution in [0.25, 0.3) is 0 Å². The summed E-state index contributed by atoms with van der Waals surface area (Å²) >= 11 is 0. The molecular formula is C12H24N2O4S2. The third kappa shape index (κ3) is 4.41. The van der Waals surface area contributed by atoms with Crippen molar-refractivity contribution in [1.82, 2.24) is 4.72 Å². The highest BCUT2D eigenvalue weighted by atomic mass is 32.2. The van der Waals surface area contributed by atoms with Crippen molar-refractivity contribution in [2.24, 2.45) is 11.7 Å². The van der Waals surface area contributed by atoms with Gasteiger partial charge in [-0.25, -0.2) is 21.6 Å². The van der Waals surface area contributed by atoms with E-state index in [2.05, 4.69) is 4.72 Å². The Morgan fingerprint density at radius 2 is 1.55 bits per heavy atom. The largest absolute Gasteiger partial charge is 0.328 e. The quantitative estimate of drug-likeness (QED) is 0.757. The van der Waals surface area contributed by atoms with E-state index in [9.17, 15) is 16.8 Å². The zero-order chi connectivity index (χ0) is 14.8. The number of nitrogens with two attached hydrogens (primary N) is 1. The van der Waals surface area contributed by atoms with Crippen LogP contribution in [0.15, 0.2) is 0 Å². The fraction of sp³-hybridized carbons (Fsp3) is 1.00. The van der Waals surface area contributed by atoms with Crippen molar-refractivity contribution in [3.05, 3.63) is 0 Å². The number of hydrogen-bond acceptors (Lipinski definition) is 5. The maximum Gasteiger partial charge on any atom is 0.214 e. The lowest BCUT2D eigenvalue weighted by Crippen LogP contribution is -2.42. The Morgan fingerprint density at radius 1 is 1.00 bits per heavy atom. The first-order valence-electron chi connectivity index (χ1n) is 7.23. The molecule has 1 aliphatic heterocycles. The van der Waals surface area contributed by atoms with Gasteiger partial charge in [-0.2, -0.15) is 0 Å². The molecule has 0 amide bonds. The molecule has 0 atom stereocenters. The molecule has 0 aromatic heterocycles. The van der Waals surface area contributed by atoms with Crippen molar-refractivity contribution in [2.75, 3.05) is 18.1 Å². The molecule has 2 fully saturated rings. The molecule has 1 heterocycles. The van der Waals surface area contributed by atoms with E-state index in [0.29, 0.717) is 12.5 Å². The highest BCUT2D eigenvalue weighted by Gasteiger charge is 2.33. The summed E-state index contributed by atoms with van der Waals surface area (Å²) in [6.45, 7) is 0.457. The van der Waals surface area contributed by atoms with Gasteiger partial charge in [0.25, 0.3) is 0 Å². The van der Waals surface area contributed by atoms with E-state index in [0.717, 1.165) is 25.7 Å². The van der Waals surface area contributed by atoms with Crippen LogP contribution < -0.4 is 10.5 Å². The van der Waals surface area contributed by atoms with Crippen molar-refractivity contribution in [2.45, 2.75) is 49.8 Å². The normalized spacial score (nSPS) is 32.0. The number of sulfone groups is 1.